The maximum Gasteiger partial charge on any atom is 0.417 e. The fourth-order valence-corrected chi connectivity index (χ4v) is 3.87. The number of nitrogens with zero attached hydrogens (tertiary/aromatic N) is 4. The highest BCUT2D eigenvalue weighted by Gasteiger charge is 2.34. The van der Waals surface area contributed by atoms with Gasteiger partial charge in [0.1, 0.15) is 18.5 Å². The Morgan fingerprint density at radius 3 is 2.54 bits per heavy atom. The normalized spacial score (nSPS) is 12.5. The van der Waals surface area contributed by atoms with Crippen LogP contribution in [0.15, 0.2) is 42.5 Å². The first-order chi connectivity index (χ1) is 17.5. The van der Waals surface area contributed by atoms with E-state index in [1.165, 1.54) is 24.3 Å². The maximum absolute atomic E-state index is 13.8. The Kier molecular flexibility index (Phi) is 7.14. The molecular formula is C25H24F3N5O4. The minimum Gasteiger partial charge on any atom is -0.487 e. The second-order valence-electron chi connectivity index (χ2n) is 8.49. The van der Waals surface area contributed by atoms with Gasteiger partial charge in [-0.25, -0.2) is 14.5 Å². The van der Waals surface area contributed by atoms with Crippen molar-refractivity contribution in [3.8, 4) is 17.0 Å². The molecule has 4 aromatic rings. The summed E-state index contributed by atoms with van der Waals surface area (Å²) >= 11 is 0. The largest absolute Gasteiger partial charge is 0.487 e. The summed E-state index contributed by atoms with van der Waals surface area (Å²) in [7, 11) is 0. The van der Waals surface area contributed by atoms with Crippen molar-refractivity contribution in [1.29, 1.82) is 0 Å². The lowest BCUT2D eigenvalue weighted by Crippen LogP contribution is -2.22. The number of aliphatic hydroxyl groups is 2. The van der Waals surface area contributed by atoms with Crippen LogP contribution in [0, 0.1) is 20.8 Å². The first-order valence-electron chi connectivity index (χ1n) is 11.2. The zero-order chi connectivity index (χ0) is 26.9. The molecule has 0 aliphatic rings. The molecule has 0 aliphatic heterocycles. The van der Waals surface area contributed by atoms with E-state index in [4.69, 9.17) is 9.84 Å². The van der Waals surface area contributed by atoms with Crippen molar-refractivity contribution in [3.05, 3.63) is 70.7 Å². The predicted octanol–water partition coefficient (Wildman–Crippen LogP) is 3.72. The van der Waals surface area contributed by atoms with Crippen LogP contribution in [0.1, 0.15) is 33.0 Å². The van der Waals surface area contributed by atoms with Gasteiger partial charge in [0.25, 0.3) is 5.91 Å². The van der Waals surface area contributed by atoms with Crippen molar-refractivity contribution in [3.63, 3.8) is 0 Å². The number of aromatic nitrogens is 4. The number of pyridine rings is 1. The third-order valence-electron chi connectivity index (χ3n) is 5.43. The number of amides is 1. The number of hydrogen-bond donors (Lipinski definition) is 3. The number of anilines is 1. The number of aryl methyl sites for hydroxylation is 3. The van der Waals surface area contributed by atoms with Crippen molar-refractivity contribution in [2.24, 2.45) is 0 Å². The van der Waals surface area contributed by atoms with E-state index in [2.05, 4.69) is 20.4 Å². The van der Waals surface area contributed by atoms with Crippen LogP contribution in [-0.2, 0) is 6.18 Å². The molecule has 1 atom stereocenters. The number of carbonyl (C=O) groups is 1. The number of rotatable bonds is 7. The smallest absolute Gasteiger partial charge is 0.417 e. The Bertz CT molecular complexity index is 1450. The Morgan fingerprint density at radius 1 is 1.14 bits per heavy atom. The fraction of sp³-hybridized carbons (Fsp3) is 0.280. The predicted molar refractivity (Wildman–Crippen MR) is 128 cm³/mol. The van der Waals surface area contributed by atoms with Crippen LogP contribution in [0.2, 0.25) is 0 Å². The standard InChI is InChI=1S/C25H24F3N5O4/c1-13-8-14(2)29-21(9-13)31-24(36)22-15(3)30-23-20(37-12-16(35)11-34)10-19(32-33(22)23)17-6-4-5-7-18(17)25(26,27)28/h4-10,16,34-35H,11-12H2,1-3H3,(H,29,31,36). The van der Waals surface area contributed by atoms with Crippen LogP contribution in [-0.4, -0.2) is 55.0 Å². The molecule has 1 amide bonds. The number of aliphatic hydroxyl groups excluding tert-OH is 2. The van der Waals surface area contributed by atoms with Gasteiger partial charge in [-0.05, 0) is 44.5 Å². The van der Waals surface area contributed by atoms with Crippen LogP contribution in [0.4, 0.5) is 19.0 Å². The van der Waals surface area contributed by atoms with Gasteiger partial charge in [-0.3, -0.25) is 4.79 Å². The van der Waals surface area contributed by atoms with Crippen LogP contribution in [0.5, 0.6) is 5.75 Å². The molecular weight excluding hydrogens is 491 g/mol. The molecule has 37 heavy (non-hydrogen) atoms. The summed E-state index contributed by atoms with van der Waals surface area (Å²) in [5, 5.41) is 25.9. The molecule has 9 nitrogen and oxygen atoms in total. The monoisotopic (exact) mass is 515 g/mol. The summed E-state index contributed by atoms with van der Waals surface area (Å²) in [6.45, 7) is 4.22. The van der Waals surface area contributed by atoms with Gasteiger partial charge in [0.15, 0.2) is 17.1 Å². The number of imidazole rings is 1. The number of hydrogen-bond acceptors (Lipinski definition) is 7. The van der Waals surface area contributed by atoms with Gasteiger partial charge in [-0.15, -0.1) is 0 Å². The molecule has 0 bridgehead atoms. The second-order valence-corrected chi connectivity index (χ2v) is 8.49. The van der Waals surface area contributed by atoms with Gasteiger partial charge in [0, 0.05) is 17.3 Å². The molecule has 0 fully saturated rings. The van der Waals surface area contributed by atoms with E-state index in [-0.39, 0.29) is 46.5 Å². The highest BCUT2D eigenvalue weighted by Crippen LogP contribution is 2.37. The SMILES string of the molecule is Cc1cc(C)nc(NC(=O)c2c(C)nc3c(OCC(O)CO)cc(-c4ccccc4C(F)(F)F)nn23)c1. The van der Waals surface area contributed by atoms with Gasteiger partial charge in [-0.2, -0.15) is 18.3 Å². The minimum absolute atomic E-state index is 0.0267. The highest BCUT2D eigenvalue weighted by atomic mass is 19.4. The maximum atomic E-state index is 13.8. The van der Waals surface area contributed by atoms with Crippen LogP contribution >= 0.6 is 0 Å². The van der Waals surface area contributed by atoms with E-state index in [1.54, 1.807) is 19.9 Å². The molecule has 194 valence electrons. The van der Waals surface area contributed by atoms with Crippen LogP contribution < -0.4 is 10.1 Å². The van der Waals surface area contributed by atoms with E-state index >= 15 is 0 Å². The van der Waals surface area contributed by atoms with Gasteiger partial charge in [-0.1, -0.05) is 18.2 Å². The second kappa shape index (κ2) is 10.1. The number of nitrogens with one attached hydrogen (secondary N) is 1. The molecule has 1 unspecified atom stereocenters. The lowest BCUT2D eigenvalue weighted by atomic mass is 10.0. The van der Waals surface area contributed by atoms with Crippen LogP contribution in [0.25, 0.3) is 16.9 Å². The van der Waals surface area contributed by atoms with E-state index in [9.17, 15) is 23.1 Å². The number of ether oxygens (including phenoxy) is 1. The molecule has 0 spiro atoms. The van der Waals surface area contributed by atoms with Crippen molar-refractivity contribution in [1.82, 2.24) is 19.6 Å². The Balaban J connectivity index is 1.88. The summed E-state index contributed by atoms with van der Waals surface area (Å²) < 4.78 is 48.0. The van der Waals surface area contributed by atoms with E-state index in [1.807, 2.05) is 13.0 Å². The fourth-order valence-electron chi connectivity index (χ4n) is 3.87. The lowest BCUT2D eigenvalue weighted by Gasteiger charge is -2.15. The highest BCUT2D eigenvalue weighted by molar-refractivity contribution is 6.04. The Hall–Kier alpha value is -4.03. The quantitative estimate of drug-likeness (QED) is 0.343. The molecule has 1 aromatic carbocycles. The van der Waals surface area contributed by atoms with Crippen molar-refractivity contribution < 1.29 is 32.9 Å². The molecule has 0 saturated carbocycles. The lowest BCUT2D eigenvalue weighted by molar-refractivity contribution is -0.137. The third kappa shape index (κ3) is 5.54. The zero-order valence-electron chi connectivity index (χ0n) is 20.2. The molecule has 0 radical (unpaired) electrons. The van der Waals surface area contributed by atoms with Gasteiger partial charge in [0.2, 0.25) is 0 Å². The molecule has 0 aliphatic carbocycles. The third-order valence-corrected chi connectivity index (χ3v) is 5.43. The summed E-state index contributed by atoms with van der Waals surface area (Å²) in [5.74, 6) is -0.364. The Morgan fingerprint density at radius 2 is 1.86 bits per heavy atom. The first-order valence-corrected chi connectivity index (χ1v) is 11.2. The van der Waals surface area contributed by atoms with E-state index in [0.717, 1.165) is 16.1 Å². The number of alkyl halides is 3. The van der Waals surface area contributed by atoms with Crippen molar-refractivity contribution in [2.45, 2.75) is 33.1 Å². The van der Waals surface area contributed by atoms with E-state index in [0.29, 0.717) is 5.69 Å². The van der Waals surface area contributed by atoms with Crippen molar-refractivity contribution >= 4 is 17.4 Å². The van der Waals surface area contributed by atoms with Gasteiger partial charge in [0.05, 0.1) is 23.6 Å². The van der Waals surface area contributed by atoms with Crippen molar-refractivity contribution in [2.75, 3.05) is 18.5 Å². The zero-order valence-corrected chi connectivity index (χ0v) is 20.2. The first kappa shape index (κ1) is 26.0. The summed E-state index contributed by atoms with van der Waals surface area (Å²) in [4.78, 5) is 21.9. The van der Waals surface area contributed by atoms with Crippen LogP contribution in [0.3, 0.4) is 0 Å². The summed E-state index contributed by atoms with van der Waals surface area (Å²) in [6, 6.07) is 9.64. The number of carbonyl (C=O) groups excluding carboxylic acids is 1. The molecule has 0 saturated heterocycles. The number of fused-ring (bicyclic) bond motifs is 1. The number of benzene rings is 1. The molecule has 4 rings (SSSR count). The molecule has 12 heteroatoms. The topological polar surface area (TPSA) is 122 Å². The summed E-state index contributed by atoms with van der Waals surface area (Å²) in [6.07, 6.45) is -5.91. The minimum atomic E-state index is -4.67. The number of halogens is 3. The average Bonchev–Trinajstić information content (AvgIpc) is 3.16. The summed E-state index contributed by atoms with van der Waals surface area (Å²) in [5.41, 5.74) is 0.522. The van der Waals surface area contributed by atoms with Gasteiger partial charge < -0.3 is 20.3 Å². The van der Waals surface area contributed by atoms with E-state index < -0.39 is 30.4 Å². The average molecular weight is 515 g/mol. The Labute approximate surface area is 209 Å². The molecule has 3 aromatic heterocycles. The molecule has 3 heterocycles. The molecule has 3 N–H and O–H groups in total. The van der Waals surface area contributed by atoms with Gasteiger partial charge >= 0.3 is 6.18 Å².